The summed E-state index contributed by atoms with van der Waals surface area (Å²) in [6, 6.07) is 14.3. The third-order valence-corrected chi connectivity index (χ3v) is 4.52. The number of hydrogen-bond donors (Lipinski definition) is 2. The van der Waals surface area contributed by atoms with Gasteiger partial charge in [-0.05, 0) is 67.1 Å². The van der Waals surface area contributed by atoms with Crippen LogP contribution < -0.4 is 5.32 Å². The first kappa shape index (κ1) is 14.4. The molecule has 21 heavy (non-hydrogen) atoms. The molecule has 2 atom stereocenters. The van der Waals surface area contributed by atoms with Crippen molar-refractivity contribution < 1.29 is 5.11 Å². The van der Waals surface area contributed by atoms with E-state index >= 15 is 0 Å². The Balaban J connectivity index is 1.80. The van der Waals surface area contributed by atoms with E-state index in [0.717, 1.165) is 17.9 Å². The van der Waals surface area contributed by atoms with Crippen molar-refractivity contribution in [3.63, 3.8) is 0 Å². The van der Waals surface area contributed by atoms with Crippen LogP contribution in [-0.2, 0) is 6.42 Å². The van der Waals surface area contributed by atoms with E-state index in [1.807, 2.05) is 24.3 Å². The summed E-state index contributed by atoms with van der Waals surface area (Å²) in [5.41, 5.74) is 3.81. The van der Waals surface area contributed by atoms with Crippen LogP contribution in [0.25, 0.3) is 0 Å². The van der Waals surface area contributed by atoms with Crippen molar-refractivity contribution in [3.8, 4) is 5.75 Å². The second-order valence-electron chi connectivity index (χ2n) is 5.77. The zero-order valence-electron chi connectivity index (χ0n) is 12.1. The number of fused-ring (bicyclic) bond motifs is 1. The summed E-state index contributed by atoms with van der Waals surface area (Å²) >= 11 is 5.94. The van der Waals surface area contributed by atoms with Gasteiger partial charge in [0.2, 0.25) is 0 Å². The smallest absolute Gasteiger partial charge is 0.115 e. The van der Waals surface area contributed by atoms with E-state index in [4.69, 9.17) is 11.6 Å². The van der Waals surface area contributed by atoms with Crippen LogP contribution in [0.4, 0.5) is 0 Å². The minimum atomic E-state index is 0.251. The summed E-state index contributed by atoms with van der Waals surface area (Å²) in [6.07, 6.45) is 3.39. The van der Waals surface area contributed by atoms with Crippen LogP contribution in [0.15, 0.2) is 42.5 Å². The average Bonchev–Trinajstić information content (AvgIpc) is 2.48. The normalized spacial score (nSPS) is 19.0. The fraction of sp³-hybridized carbons (Fsp3) is 0.333. The van der Waals surface area contributed by atoms with Crippen LogP contribution in [0.5, 0.6) is 5.75 Å². The number of aryl methyl sites for hydroxylation is 1. The van der Waals surface area contributed by atoms with Gasteiger partial charge < -0.3 is 10.4 Å². The first-order valence-electron chi connectivity index (χ1n) is 7.47. The Morgan fingerprint density at radius 3 is 2.71 bits per heavy atom. The van der Waals surface area contributed by atoms with Gasteiger partial charge in [-0.15, -0.1) is 0 Å². The zero-order valence-corrected chi connectivity index (χ0v) is 12.9. The van der Waals surface area contributed by atoms with Crippen molar-refractivity contribution in [2.75, 3.05) is 0 Å². The fourth-order valence-corrected chi connectivity index (χ4v) is 3.24. The number of aromatic hydroxyl groups is 1. The largest absolute Gasteiger partial charge is 0.508 e. The minimum Gasteiger partial charge on any atom is -0.508 e. The number of benzene rings is 2. The highest BCUT2D eigenvalue weighted by Gasteiger charge is 2.22. The molecule has 0 bridgehead atoms. The summed E-state index contributed by atoms with van der Waals surface area (Å²) in [4.78, 5) is 0. The summed E-state index contributed by atoms with van der Waals surface area (Å²) in [5.74, 6) is 0.349. The first-order valence-corrected chi connectivity index (χ1v) is 7.84. The standard InChI is InChI=1S/C18H20ClNO/c1-12(13-5-8-15(19)9-6-13)20-18-4-2-3-14-7-10-16(21)11-17(14)18/h5-12,18,20-21H,2-4H2,1H3/t12-,18?/m1/s1. The molecule has 0 saturated heterocycles. The van der Waals surface area contributed by atoms with Crippen molar-refractivity contribution in [2.45, 2.75) is 38.3 Å². The number of nitrogens with one attached hydrogen (secondary N) is 1. The lowest BCUT2D eigenvalue weighted by molar-refractivity contribution is 0.411. The Morgan fingerprint density at radius 2 is 1.95 bits per heavy atom. The van der Waals surface area contributed by atoms with Crippen molar-refractivity contribution in [2.24, 2.45) is 0 Å². The van der Waals surface area contributed by atoms with E-state index in [-0.39, 0.29) is 6.04 Å². The monoisotopic (exact) mass is 301 g/mol. The van der Waals surface area contributed by atoms with Gasteiger partial charge in [0.1, 0.15) is 5.75 Å². The maximum absolute atomic E-state index is 9.75. The second-order valence-corrected chi connectivity index (χ2v) is 6.20. The van der Waals surface area contributed by atoms with Crippen molar-refractivity contribution in [3.05, 3.63) is 64.2 Å². The van der Waals surface area contributed by atoms with Gasteiger partial charge in [0.25, 0.3) is 0 Å². The third kappa shape index (κ3) is 3.22. The van der Waals surface area contributed by atoms with E-state index in [1.54, 1.807) is 6.07 Å². The van der Waals surface area contributed by atoms with E-state index < -0.39 is 0 Å². The SMILES string of the molecule is C[C@@H](NC1CCCc2ccc(O)cc21)c1ccc(Cl)cc1. The lowest BCUT2D eigenvalue weighted by Crippen LogP contribution is -2.27. The summed E-state index contributed by atoms with van der Waals surface area (Å²) in [5, 5.41) is 14.2. The average molecular weight is 302 g/mol. The molecule has 1 aliphatic carbocycles. The van der Waals surface area contributed by atoms with E-state index in [9.17, 15) is 5.11 Å². The molecular formula is C18H20ClNO. The highest BCUT2D eigenvalue weighted by Crippen LogP contribution is 2.33. The lowest BCUT2D eigenvalue weighted by atomic mass is 9.87. The first-order chi connectivity index (χ1) is 10.1. The third-order valence-electron chi connectivity index (χ3n) is 4.26. The Bertz CT molecular complexity index is 624. The molecule has 0 aromatic heterocycles. The second kappa shape index (κ2) is 6.08. The number of phenols is 1. The molecule has 110 valence electrons. The molecule has 0 spiro atoms. The van der Waals surface area contributed by atoms with Crippen molar-refractivity contribution in [1.29, 1.82) is 0 Å². The number of phenolic OH excluding ortho intramolecular Hbond substituents is 1. The molecule has 2 nitrogen and oxygen atoms in total. The van der Waals surface area contributed by atoms with E-state index in [0.29, 0.717) is 11.8 Å². The summed E-state index contributed by atoms with van der Waals surface area (Å²) < 4.78 is 0. The van der Waals surface area contributed by atoms with Crippen LogP contribution in [0.2, 0.25) is 5.02 Å². The van der Waals surface area contributed by atoms with Crippen LogP contribution >= 0.6 is 11.6 Å². The Labute approximate surface area is 130 Å². The van der Waals surface area contributed by atoms with E-state index in [1.165, 1.54) is 23.1 Å². The van der Waals surface area contributed by atoms with Gasteiger partial charge in [0, 0.05) is 17.1 Å². The van der Waals surface area contributed by atoms with Crippen molar-refractivity contribution >= 4 is 11.6 Å². The molecule has 0 amide bonds. The predicted molar refractivity (Wildman–Crippen MR) is 86.8 cm³/mol. The number of hydrogen-bond acceptors (Lipinski definition) is 2. The molecule has 0 heterocycles. The zero-order chi connectivity index (χ0) is 14.8. The molecule has 1 unspecified atom stereocenters. The summed E-state index contributed by atoms with van der Waals surface area (Å²) in [7, 11) is 0. The molecule has 3 rings (SSSR count). The number of halogens is 1. The maximum atomic E-state index is 9.75. The van der Waals surface area contributed by atoms with Crippen LogP contribution in [-0.4, -0.2) is 5.11 Å². The Kier molecular flexibility index (Phi) is 4.18. The molecule has 0 saturated carbocycles. The number of rotatable bonds is 3. The minimum absolute atomic E-state index is 0.251. The fourth-order valence-electron chi connectivity index (χ4n) is 3.11. The van der Waals surface area contributed by atoms with Crippen LogP contribution in [0, 0.1) is 0 Å². The molecule has 2 aromatic carbocycles. The van der Waals surface area contributed by atoms with Gasteiger partial charge in [0.15, 0.2) is 0 Å². The maximum Gasteiger partial charge on any atom is 0.115 e. The van der Waals surface area contributed by atoms with Crippen LogP contribution in [0.1, 0.15) is 48.5 Å². The Morgan fingerprint density at radius 1 is 1.19 bits per heavy atom. The van der Waals surface area contributed by atoms with Gasteiger partial charge in [0.05, 0.1) is 0 Å². The highest BCUT2D eigenvalue weighted by molar-refractivity contribution is 6.30. The molecule has 0 fully saturated rings. The molecule has 0 aliphatic heterocycles. The molecule has 3 heteroatoms. The van der Waals surface area contributed by atoms with Gasteiger partial charge in [-0.2, -0.15) is 0 Å². The Hall–Kier alpha value is -1.51. The topological polar surface area (TPSA) is 32.3 Å². The highest BCUT2D eigenvalue weighted by atomic mass is 35.5. The molecule has 2 aromatic rings. The quantitative estimate of drug-likeness (QED) is 0.855. The van der Waals surface area contributed by atoms with Gasteiger partial charge in [-0.25, -0.2) is 0 Å². The van der Waals surface area contributed by atoms with E-state index in [2.05, 4.69) is 24.4 Å². The molecular weight excluding hydrogens is 282 g/mol. The molecule has 0 radical (unpaired) electrons. The molecule has 2 N–H and O–H groups in total. The van der Waals surface area contributed by atoms with Gasteiger partial charge in [-0.3, -0.25) is 0 Å². The molecule has 1 aliphatic rings. The summed E-state index contributed by atoms with van der Waals surface area (Å²) in [6.45, 7) is 2.17. The van der Waals surface area contributed by atoms with Crippen molar-refractivity contribution in [1.82, 2.24) is 5.32 Å². The van der Waals surface area contributed by atoms with Gasteiger partial charge >= 0.3 is 0 Å². The van der Waals surface area contributed by atoms with Gasteiger partial charge in [-0.1, -0.05) is 29.8 Å². The predicted octanol–water partition coefficient (Wildman–Crippen LogP) is 4.77. The van der Waals surface area contributed by atoms with Crippen LogP contribution in [0.3, 0.4) is 0 Å². The lowest BCUT2D eigenvalue weighted by Gasteiger charge is -2.29.